The Labute approximate surface area is 110 Å². The van der Waals surface area contributed by atoms with Gasteiger partial charge in [-0.1, -0.05) is 28.1 Å². The van der Waals surface area contributed by atoms with Gasteiger partial charge in [0.05, 0.1) is 11.2 Å². The van der Waals surface area contributed by atoms with Gasteiger partial charge in [0.1, 0.15) is 5.82 Å². The highest BCUT2D eigenvalue weighted by molar-refractivity contribution is 9.10. The first-order valence-corrected chi connectivity index (χ1v) is 6.29. The smallest absolute Gasteiger partial charge is 0.126 e. The minimum absolute atomic E-state index is 0.449. The van der Waals surface area contributed by atoms with Gasteiger partial charge in [-0.25, -0.2) is 4.98 Å². The number of aryl methyl sites for hydroxylation is 1. The topological polar surface area (TPSA) is 54.7 Å². The molecule has 0 spiro atoms. The molecule has 1 aromatic heterocycles. The van der Waals surface area contributed by atoms with E-state index in [0.29, 0.717) is 0 Å². The molecular formula is C13H16BrN3. The van der Waals surface area contributed by atoms with Crippen molar-refractivity contribution in [1.82, 2.24) is 9.97 Å². The summed E-state index contributed by atoms with van der Waals surface area (Å²) in [6.07, 6.45) is 0. The molecule has 0 aliphatic rings. The molecule has 17 heavy (non-hydrogen) atoms. The van der Waals surface area contributed by atoms with Gasteiger partial charge in [0, 0.05) is 15.7 Å². The van der Waals surface area contributed by atoms with Crippen LogP contribution in [0.15, 0.2) is 28.7 Å². The number of hydrogen-bond acceptors (Lipinski definition) is 2. The van der Waals surface area contributed by atoms with Crippen LogP contribution in [0.3, 0.4) is 0 Å². The molecule has 0 radical (unpaired) electrons. The Morgan fingerprint density at radius 1 is 1.35 bits per heavy atom. The Morgan fingerprint density at radius 2 is 2.06 bits per heavy atom. The largest absolute Gasteiger partial charge is 0.344 e. The van der Waals surface area contributed by atoms with E-state index in [1.807, 2.05) is 39.0 Å². The lowest BCUT2D eigenvalue weighted by atomic mass is 10.1. The third-order valence-electron chi connectivity index (χ3n) is 2.59. The van der Waals surface area contributed by atoms with Crippen LogP contribution in [-0.2, 0) is 5.54 Å². The summed E-state index contributed by atoms with van der Waals surface area (Å²) in [6, 6.07) is 8.10. The Hall–Kier alpha value is -1.13. The van der Waals surface area contributed by atoms with Crippen molar-refractivity contribution in [2.24, 2.45) is 5.73 Å². The third kappa shape index (κ3) is 2.58. The molecule has 1 heterocycles. The normalized spacial score (nSPS) is 11.8. The number of nitrogens with one attached hydrogen (secondary N) is 1. The predicted molar refractivity (Wildman–Crippen MR) is 73.7 cm³/mol. The van der Waals surface area contributed by atoms with Crippen LogP contribution in [0.5, 0.6) is 0 Å². The highest BCUT2D eigenvalue weighted by atomic mass is 79.9. The zero-order valence-corrected chi connectivity index (χ0v) is 11.8. The van der Waals surface area contributed by atoms with Gasteiger partial charge in [0.15, 0.2) is 0 Å². The SMILES string of the molecule is Cc1[nH]c(C(C)(C)N)nc1-c1cccc(Br)c1. The number of nitrogens with two attached hydrogens (primary N) is 1. The van der Waals surface area contributed by atoms with Crippen molar-refractivity contribution in [3.63, 3.8) is 0 Å². The zero-order chi connectivity index (χ0) is 12.6. The van der Waals surface area contributed by atoms with Gasteiger partial charge in [-0.2, -0.15) is 0 Å². The molecule has 0 unspecified atom stereocenters. The molecule has 3 nitrogen and oxygen atoms in total. The molecule has 3 N–H and O–H groups in total. The lowest BCUT2D eigenvalue weighted by Crippen LogP contribution is -2.30. The van der Waals surface area contributed by atoms with E-state index >= 15 is 0 Å². The number of aromatic amines is 1. The van der Waals surface area contributed by atoms with Gasteiger partial charge in [-0.05, 0) is 32.9 Å². The Morgan fingerprint density at radius 3 is 2.59 bits per heavy atom. The van der Waals surface area contributed by atoms with E-state index in [9.17, 15) is 0 Å². The highest BCUT2D eigenvalue weighted by Gasteiger charge is 2.20. The molecule has 0 saturated carbocycles. The summed E-state index contributed by atoms with van der Waals surface area (Å²) in [7, 11) is 0. The molecule has 0 fully saturated rings. The van der Waals surface area contributed by atoms with Crippen LogP contribution in [0, 0.1) is 6.92 Å². The number of benzene rings is 1. The van der Waals surface area contributed by atoms with E-state index in [4.69, 9.17) is 5.73 Å². The molecular weight excluding hydrogens is 278 g/mol. The standard InChI is InChI=1S/C13H16BrN3/c1-8-11(9-5-4-6-10(14)7-9)17-12(16-8)13(2,3)15/h4-7H,15H2,1-3H3,(H,16,17). The molecule has 90 valence electrons. The molecule has 0 saturated heterocycles. The van der Waals surface area contributed by atoms with Gasteiger partial charge in [-0.15, -0.1) is 0 Å². The minimum atomic E-state index is -0.449. The summed E-state index contributed by atoms with van der Waals surface area (Å²) in [4.78, 5) is 7.84. The summed E-state index contributed by atoms with van der Waals surface area (Å²) in [5.41, 5.74) is 8.68. The fourth-order valence-corrected chi connectivity index (χ4v) is 2.08. The first-order valence-electron chi connectivity index (χ1n) is 5.50. The average Bonchev–Trinajstić information content (AvgIpc) is 2.60. The van der Waals surface area contributed by atoms with Crippen molar-refractivity contribution in [3.05, 3.63) is 40.3 Å². The van der Waals surface area contributed by atoms with Crippen molar-refractivity contribution in [3.8, 4) is 11.3 Å². The first kappa shape index (κ1) is 12.3. The second kappa shape index (κ2) is 4.27. The highest BCUT2D eigenvalue weighted by Crippen LogP contribution is 2.26. The van der Waals surface area contributed by atoms with Crippen LogP contribution in [0.25, 0.3) is 11.3 Å². The van der Waals surface area contributed by atoms with E-state index in [2.05, 4.69) is 32.0 Å². The summed E-state index contributed by atoms with van der Waals surface area (Å²) in [5.74, 6) is 0.810. The maximum atomic E-state index is 6.04. The minimum Gasteiger partial charge on any atom is -0.344 e. The lowest BCUT2D eigenvalue weighted by molar-refractivity contribution is 0.520. The summed E-state index contributed by atoms with van der Waals surface area (Å²) >= 11 is 3.47. The number of halogens is 1. The van der Waals surface area contributed by atoms with Gasteiger partial charge >= 0.3 is 0 Å². The number of H-pyrrole nitrogens is 1. The molecule has 1 aromatic carbocycles. The first-order chi connectivity index (χ1) is 7.88. The molecule has 0 amide bonds. The fourth-order valence-electron chi connectivity index (χ4n) is 1.68. The van der Waals surface area contributed by atoms with Gasteiger partial charge in [-0.3, -0.25) is 0 Å². The van der Waals surface area contributed by atoms with E-state index in [1.54, 1.807) is 0 Å². The van der Waals surface area contributed by atoms with E-state index < -0.39 is 5.54 Å². The molecule has 2 aromatic rings. The Kier molecular flexibility index (Phi) is 3.10. The molecule has 0 bridgehead atoms. The van der Waals surface area contributed by atoms with Gasteiger partial charge in [0.2, 0.25) is 0 Å². The monoisotopic (exact) mass is 293 g/mol. The number of imidazole rings is 1. The Balaban J connectivity index is 2.50. The van der Waals surface area contributed by atoms with Crippen LogP contribution in [0.1, 0.15) is 25.4 Å². The summed E-state index contributed by atoms with van der Waals surface area (Å²) in [6.45, 7) is 5.89. The second-order valence-electron chi connectivity index (χ2n) is 4.79. The van der Waals surface area contributed by atoms with Crippen LogP contribution in [0.2, 0.25) is 0 Å². The van der Waals surface area contributed by atoms with Gasteiger partial charge in [0.25, 0.3) is 0 Å². The third-order valence-corrected chi connectivity index (χ3v) is 3.09. The van der Waals surface area contributed by atoms with Crippen LogP contribution >= 0.6 is 15.9 Å². The molecule has 0 atom stereocenters. The summed E-state index contributed by atoms with van der Waals surface area (Å²) in [5, 5.41) is 0. The van der Waals surface area contributed by atoms with Crippen molar-refractivity contribution >= 4 is 15.9 Å². The predicted octanol–water partition coefficient (Wildman–Crippen LogP) is 3.34. The van der Waals surface area contributed by atoms with Crippen molar-refractivity contribution < 1.29 is 0 Å². The number of aromatic nitrogens is 2. The molecule has 4 heteroatoms. The average molecular weight is 294 g/mol. The van der Waals surface area contributed by atoms with Crippen LogP contribution in [-0.4, -0.2) is 9.97 Å². The number of rotatable bonds is 2. The number of nitrogens with zero attached hydrogens (tertiary/aromatic N) is 1. The van der Waals surface area contributed by atoms with Crippen molar-refractivity contribution in [2.45, 2.75) is 26.3 Å². The van der Waals surface area contributed by atoms with E-state index in [0.717, 1.165) is 27.2 Å². The second-order valence-corrected chi connectivity index (χ2v) is 5.71. The van der Waals surface area contributed by atoms with Crippen molar-refractivity contribution in [2.75, 3.05) is 0 Å². The van der Waals surface area contributed by atoms with E-state index in [-0.39, 0.29) is 0 Å². The fraction of sp³-hybridized carbons (Fsp3) is 0.308. The maximum absolute atomic E-state index is 6.04. The van der Waals surface area contributed by atoms with E-state index in [1.165, 1.54) is 0 Å². The molecule has 0 aliphatic carbocycles. The zero-order valence-electron chi connectivity index (χ0n) is 10.2. The quantitative estimate of drug-likeness (QED) is 0.892. The van der Waals surface area contributed by atoms with Crippen LogP contribution < -0.4 is 5.73 Å². The summed E-state index contributed by atoms with van der Waals surface area (Å²) < 4.78 is 1.05. The lowest BCUT2D eigenvalue weighted by Gasteiger charge is -2.14. The molecule has 2 rings (SSSR count). The maximum Gasteiger partial charge on any atom is 0.126 e. The molecule has 0 aliphatic heterocycles. The Bertz CT molecular complexity index is 538. The number of hydrogen-bond donors (Lipinski definition) is 2. The van der Waals surface area contributed by atoms with Gasteiger partial charge < -0.3 is 10.7 Å². The van der Waals surface area contributed by atoms with Crippen LogP contribution in [0.4, 0.5) is 0 Å². The van der Waals surface area contributed by atoms with Crippen molar-refractivity contribution in [1.29, 1.82) is 0 Å².